The molecule has 0 spiro atoms. The summed E-state index contributed by atoms with van der Waals surface area (Å²) < 4.78 is 40.0. The minimum atomic E-state index is -2.50. The maximum absolute atomic E-state index is 13.3. The second kappa shape index (κ2) is 6.04. The highest BCUT2D eigenvalue weighted by atomic mass is 79.9. The van der Waals surface area contributed by atoms with E-state index >= 15 is 0 Å². The maximum Gasteiger partial charge on any atom is 0.258 e. The Bertz CT molecular complexity index is 408. The fourth-order valence-corrected chi connectivity index (χ4v) is 2.78. The van der Waals surface area contributed by atoms with Gasteiger partial charge in [-0.05, 0) is 17.7 Å². The van der Waals surface area contributed by atoms with Crippen LogP contribution < -0.4 is 5.32 Å². The van der Waals surface area contributed by atoms with Crippen LogP contribution in [0.4, 0.5) is 13.2 Å². The molecule has 0 unspecified atom stereocenters. The van der Waals surface area contributed by atoms with E-state index in [-0.39, 0.29) is 0 Å². The van der Waals surface area contributed by atoms with Gasteiger partial charge in [-0.3, -0.25) is 4.90 Å². The van der Waals surface area contributed by atoms with Crippen molar-refractivity contribution in [2.75, 3.05) is 26.2 Å². The van der Waals surface area contributed by atoms with Gasteiger partial charge in [0.1, 0.15) is 5.82 Å². The summed E-state index contributed by atoms with van der Waals surface area (Å²) in [6, 6.07) is 2.89. The average molecular weight is 323 g/mol. The van der Waals surface area contributed by atoms with Gasteiger partial charge in [-0.25, -0.2) is 13.2 Å². The van der Waals surface area contributed by atoms with Crippen LogP contribution in [0, 0.1) is 5.82 Å². The molecule has 0 amide bonds. The van der Waals surface area contributed by atoms with Crippen molar-refractivity contribution in [3.8, 4) is 0 Å². The summed E-state index contributed by atoms with van der Waals surface area (Å²) in [5.74, 6) is -0.432. The van der Waals surface area contributed by atoms with Crippen LogP contribution in [-0.2, 0) is 0 Å². The Morgan fingerprint density at radius 3 is 2.44 bits per heavy atom. The van der Waals surface area contributed by atoms with E-state index in [9.17, 15) is 13.2 Å². The summed E-state index contributed by atoms with van der Waals surface area (Å²) in [7, 11) is 0. The fraction of sp³-hybridized carbons (Fsp3) is 0.500. The summed E-state index contributed by atoms with van der Waals surface area (Å²) in [6.07, 6.45) is -2.50. The zero-order valence-corrected chi connectivity index (χ0v) is 11.3. The Morgan fingerprint density at radius 1 is 1.22 bits per heavy atom. The number of rotatable bonds is 3. The van der Waals surface area contributed by atoms with Crippen LogP contribution in [0.5, 0.6) is 0 Å². The van der Waals surface area contributed by atoms with Gasteiger partial charge in [0.2, 0.25) is 0 Å². The van der Waals surface area contributed by atoms with Crippen LogP contribution >= 0.6 is 15.9 Å². The monoisotopic (exact) mass is 322 g/mol. The van der Waals surface area contributed by atoms with Gasteiger partial charge in [0, 0.05) is 30.7 Å². The molecule has 0 aliphatic carbocycles. The minimum Gasteiger partial charge on any atom is -0.314 e. The van der Waals surface area contributed by atoms with Gasteiger partial charge < -0.3 is 5.32 Å². The van der Waals surface area contributed by atoms with E-state index < -0.39 is 18.3 Å². The third-order valence-electron chi connectivity index (χ3n) is 3.06. The Balaban J connectivity index is 2.28. The Hall–Kier alpha value is -0.590. The van der Waals surface area contributed by atoms with Gasteiger partial charge in [0.25, 0.3) is 6.43 Å². The second-order valence-corrected chi connectivity index (χ2v) is 5.09. The third-order valence-corrected chi connectivity index (χ3v) is 3.75. The molecule has 1 fully saturated rings. The quantitative estimate of drug-likeness (QED) is 0.920. The van der Waals surface area contributed by atoms with Crippen LogP contribution in [0.15, 0.2) is 22.7 Å². The predicted octanol–water partition coefficient (Wildman–Crippen LogP) is 2.80. The molecule has 1 heterocycles. The van der Waals surface area contributed by atoms with Crippen molar-refractivity contribution in [3.05, 3.63) is 34.1 Å². The average Bonchev–Trinajstić information content (AvgIpc) is 2.33. The van der Waals surface area contributed by atoms with E-state index in [4.69, 9.17) is 0 Å². The van der Waals surface area contributed by atoms with E-state index in [1.807, 2.05) is 0 Å². The highest BCUT2D eigenvalue weighted by Gasteiger charge is 2.31. The summed E-state index contributed by atoms with van der Waals surface area (Å²) in [5, 5.41) is 3.13. The van der Waals surface area contributed by atoms with Crippen molar-refractivity contribution in [1.29, 1.82) is 0 Å². The Labute approximate surface area is 112 Å². The van der Waals surface area contributed by atoms with Crippen LogP contribution in [0.2, 0.25) is 0 Å². The first-order chi connectivity index (χ1) is 8.59. The molecule has 1 aliphatic heterocycles. The molecule has 2 nitrogen and oxygen atoms in total. The summed E-state index contributed by atoms with van der Waals surface area (Å²) >= 11 is 3.17. The zero-order valence-electron chi connectivity index (χ0n) is 9.67. The fourth-order valence-electron chi connectivity index (χ4n) is 2.19. The number of hydrogen-bond acceptors (Lipinski definition) is 2. The topological polar surface area (TPSA) is 15.3 Å². The lowest BCUT2D eigenvalue weighted by Gasteiger charge is -2.35. The first-order valence-electron chi connectivity index (χ1n) is 5.77. The molecule has 18 heavy (non-hydrogen) atoms. The molecule has 1 atom stereocenters. The van der Waals surface area contributed by atoms with E-state index in [0.717, 1.165) is 0 Å². The number of alkyl halides is 2. The lowest BCUT2D eigenvalue weighted by Crippen LogP contribution is -2.47. The summed E-state index contributed by atoms with van der Waals surface area (Å²) in [5.41, 5.74) is 0.438. The maximum atomic E-state index is 13.3. The molecule has 1 aromatic rings. The van der Waals surface area contributed by atoms with Gasteiger partial charge in [0.05, 0.1) is 6.04 Å². The SMILES string of the molecule is Fc1ccc([C@H](C(F)F)N2CCNCC2)c(Br)c1. The lowest BCUT2D eigenvalue weighted by molar-refractivity contribution is 0.0178. The summed E-state index contributed by atoms with van der Waals surface area (Å²) in [6.45, 7) is 2.53. The molecule has 2 rings (SSSR count). The summed E-state index contributed by atoms with van der Waals surface area (Å²) in [4.78, 5) is 1.74. The van der Waals surface area contributed by atoms with E-state index in [2.05, 4.69) is 21.2 Å². The van der Waals surface area contributed by atoms with Crippen molar-refractivity contribution in [2.24, 2.45) is 0 Å². The van der Waals surface area contributed by atoms with E-state index in [1.165, 1.54) is 18.2 Å². The van der Waals surface area contributed by atoms with Crippen molar-refractivity contribution >= 4 is 15.9 Å². The number of piperazine rings is 1. The molecule has 1 aliphatic rings. The Kier molecular flexibility index (Phi) is 4.64. The van der Waals surface area contributed by atoms with Gasteiger partial charge >= 0.3 is 0 Å². The second-order valence-electron chi connectivity index (χ2n) is 4.23. The molecule has 0 aromatic heterocycles. The first-order valence-corrected chi connectivity index (χ1v) is 6.57. The molecule has 100 valence electrons. The van der Waals surface area contributed by atoms with Crippen LogP contribution in [0.1, 0.15) is 11.6 Å². The van der Waals surface area contributed by atoms with Crippen molar-refractivity contribution < 1.29 is 13.2 Å². The molecule has 1 saturated heterocycles. The van der Waals surface area contributed by atoms with Crippen molar-refractivity contribution in [2.45, 2.75) is 12.5 Å². The smallest absolute Gasteiger partial charge is 0.258 e. The van der Waals surface area contributed by atoms with E-state index in [1.54, 1.807) is 4.90 Å². The molecular weight excluding hydrogens is 309 g/mol. The molecule has 0 saturated carbocycles. The predicted molar refractivity (Wildman–Crippen MR) is 67.3 cm³/mol. The minimum absolute atomic E-state index is 0.395. The van der Waals surface area contributed by atoms with Crippen LogP contribution in [0.3, 0.4) is 0 Å². The van der Waals surface area contributed by atoms with Crippen LogP contribution in [-0.4, -0.2) is 37.5 Å². The largest absolute Gasteiger partial charge is 0.314 e. The zero-order chi connectivity index (χ0) is 13.1. The number of nitrogens with one attached hydrogen (secondary N) is 1. The van der Waals surface area contributed by atoms with Gasteiger partial charge in [-0.15, -0.1) is 0 Å². The molecular formula is C12H14BrF3N2. The third kappa shape index (κ3) is 3.05. The Morgan fingerprint density at radius 2 is 1.89 bits per heavy atom. The van der Waals surface area contributed by atoms with Crippen molar-refractivity contribution in [3.63, 3.8) is 0 Å². The van der Waals surface area contributed by atoms with Crippen molar-refractivity contribution in [1.82, 2.24) is 10.2 Å². The van der Waals surface area contributed by atoms with Gasteiger partial charge in [-0.2, -0.15) is 0 Å². The first kappa shape index (κ1) is 13.8. The molecule has 1 N–H and O–H groups in total. The number of nitrogens with zero attached hydrogens (tertiary/aromatic N) is 1. The number of hydrogen-bond donors (Lipinski definition) is 1. The molecule has 1 aromatic carbocycles. The molecule has 0 radical (unpaired) electrons. The lowest BCUT2D eigenvalue weighted by atomic mass is 10.0. The van der Waals surface area contributed by atoms with Crippen LogP contribution in [0.25, 0.3) is 0 Å². The molecule has 6 heteroatoms. The molecule has 0 bridgehead atoms. The number of halogens is 4. The van der Waals surface area contributed by atoms with Gasteiger partial charge in [-0.1, -0.05) is 22.0 Å². The standard InChI is InChI=1S/C12H14BrF3N2/c13-10-7-8(14)1-2-9(10)11(12(15)16)18-5-3-17-4-6-18/h1-2,7,11-12,17H,3-6H2/t11-/m1/s1. The van der Waals surface area contributed by atoms with E-state index in [0.29, 0.717) is 36.2 Å². The van der Waals surface area contributed by atoms with Gasteiger partial charge in [0.15, 0.2) is 0 Å². The highest BCUT2D eigenvalue weighted by Crippen LogP contribution is 2.33. The number of benzene rings is 1. The normalized spacial score (nSPS) is 19.2. The highest BCUT2D eigenvalue weighted by molar-refractivity contribution is 9.10.